The minimum atomic E-state index is -0.758. The molecule has 7 rings (SSSR count). The van der Waals surface area contributed by atoms with Crippen LogP contribution in [0.3, 0.4) is 0 Å². The van der Waals surface area contributed by atoms with Gasteiger partial charge in [0.1, 0.15) is 35.7 Å². The number of aliphatic hydroxyl groups excluding tert-OH is 1. The molecule has 6 atom stereocenters. The van der Waals surface area contributed by atoms with Crippen LogP contribution in [0.15, 0.2) is 78.9 Å². The standard InChI is InChI=1S/C33H44N2O7.C26H38N2O7/c1-40-33(39)29-21-28(42-20-8-19-41-23-25-9-4-2-5-10-25)22-35(29)32(38)31(26-11-6-3-7-12-26)34-30(37)18-15-24-13-16-27(36)17-14-24;1-34-26(33)22-16-21(35-15-5-14-29)17-28(22)25(32)24(19-6-3-2-4-7-19)27-23(31)13-10-18-8-11-20(30)12-9-18/h2,4-5,9-10,13-14,16-17,26,28-29,31,36H,3,6-8,11-12,15,18-23H2,1H3,(H,34,37);8-9,11-12,19,21-22,24,29-30H,2-7,10,13-17H2,1H3,(H,27,31)/t28-,29?,31+;21-,22?,24+/m11/s1. The molecule has 2 unspecified atom stereocenters. The zero-order valence-electron chi connectivity index (χ0n) is 45.0. The number of phenolic OH excluding ortho intramolecular Hbond substituents is 2. The van der Waals surface area contributed by atoms with Gasteiger partial charge in [0.25, 0.3) is 0 Å². The monoisotopic (exact) mass is 1070 g/mol. The van der Waals surface area contributed by atoms with Gasteiger partial charge in [0.15, 0.2) is 0 Å². The molecule has 4 amide bonds. The highest BCUT2D eigenvalue weighted by molar-refractivity contribution is 5.92. The molecular formula is C59H82N4O14. The first kappa shape index (κ1) is 60.2. The zero-order valence-corrected chi connectivity index (χ0v) is 45.0. The van der Waals surface area contributed by atoms with E-state index >= 15 is 0 Å². The van der Waals surface area contributed by atoms with Crippen molar-refractivity contribution in [3.05, 3.63) is 95.6 Å². The SMILES string of the molecule is COC(=O)C1C[C@@H](OCCCO)CN1C(=O)[C@@H](NC(=O)CCc1ccc(O)cc1)C1CCCCC1.COC(=O)C1C[C@@H](OCCCOCc2ccccc2)CN1C(=O)[C@@H](NC(=O)CCc1ccc(O)cc1)C1CCCCC1. The maximum Gasteiger partial charge on any atom is 0.328 e. The second-order valence-electron chi connectivity index (χ2n) is 20.7. The van der Waals surface area contributed by atoms with Crippen molar-refractivity contribution >= 4 is 35.6 Å². The Balaban J connectivity index is 0.000000254. The highest BCUT2D eigenvalue weighted by atomic mass is 16.5. The molecule has 5 N–H and O–H groups in total. The molecule has 0 bridgehead atoms. The van der Waals surface area contributed by atoms with Crippen molar-refractivity contribution in [2.45, 2.75) is 159 Å². The number of esters is 2. The van der Waals surface area contributed by atoms with Crippen LogP contribution in [-0.2, 0) is 71.9 Å². The Morgan fingerprint density at radius 2 is 0.987 bits per heavy atom. The van der Waals surface area contributed by atoms with Crippen molar-refractivity contribution in [1.29, 1.82) is 0 Å². The fourth-order valence-electron chi connectivity index (χ4n) is 10.9. The largest absolute Gasteiger partial charge is 0.508 e. The van der Waals surface area contributed by atoms with Crippen molar-refractivity contribution in [2.24, 2.45) is 11.8 Å². The predicted octanol–water partition coefficient (Wildman–Crippen LogP) is 6.09. The van der Waals surface area contributed by atoms with Gasteiger partial charge < -0.3 is 59.4 Å². The van der Waals surface area contributed by atoms with E-state index in [2.05, 4.69) is 10.6 Å². The number of carbonyl (C=O) groups excluding carboxylic acids is 6. The van der Waals surface area contributed by atoms with E-state index in [4.69, 9.17) is 28.8 Å². The molecule has 3 aromatic carbocycles. The number of benzene rings is 3. The molecule has 0 spiro atoms. The molecule has 0 aromatic heterocycles. The smallest absolute Gasteiger partial charge is 0.328 e. The van der Waals surface area contributed by atoms with Crippen LogP contribution in [0.4, 0.5) is 0 Å². The van der Waals surface area contributed by atoms with Crippen molar-refractivity contribution in [3.63, 3.8) is 0 Å². The van der Waals surface area contributed by atoms with Crippen molar-refractivity contribution in [2.75, 3.05) is 53.7 Å². The second kappa shape index (κ2) is 32.0. The summed E-state index contributed by atoms with van der Waals surface area (Å²) in [6, 6.07) is 20.5. The van der Waals surface area contributed by atoms with E-state index in [1.807, 2.05) is 30.3 Å². The summed E-state index contributed by atoms with van der Waals surface area (Å²) in [5.74, 6) is -1.51. The summed E-state index contributed by atoms with van der Waals surface area (Å²) in [5, 5.41) is 34.0. The highest BCUT2D eigenvalue weighted by Gasteiger charge is 2.46. The number of aromatic hydroxyl groups is 2. The van der Waals surface area contributed by atoms with Crippen LogP contribution in [0.25, 0.3) is 0 Å². The molecule has 2 saturated carbocycles. The molecule has 3 aromatic rings. The topological polar surface area (TPSA) is 240 Å². The molecule has 4 aliphatic rings. The van der Waals surface area contributed by atoms with Crippen LogP contribution < -0.4 is 10.6 Å². The van der Waals surface area contributed by atoms with E-state index in [1.165, 1.54) is 19.1 Å². The van der Waals surface area contributed by atoms with E-state index in [-0.39, 0.29) is 91.7 Å². The lowest BCUT2D eigenvalue weighted by molar-refractivity contribution is -0.152. The molecule has 2 saturated heterocycles. The average Bonchev–Trinajstić information content (AvgIpc) is 4.10. The van der Waals surface area contributed by atoms with Gasteiger partial charge in [-0.25, -0.2) is 9.59 Å². The molecule has 2 aliphatic heterocycles. The first-order valence-corrected chi connectivity index (χ1v) is 27.7. The number of aryl methyl sites for hydroxylation is 2. The van der Waals surface area contributed by atoms with Crippen LogP contribution in [0.1, 0.15) is 119 Å². The number of rotatable bonds is 25. The minimum absolute atomic E-state index is 0.00965. The Bertz CT molecular complexity index is 2290. The van der Waals surface area contributed by atoms with Crippen molar-refractivity contribution in [1.82, 2.24) is 20.4 Å². The third kappa shape index (κ3) is 19.1. The molecular weight excluding hydrogens is 989 g/mol. The number of nitrogens with zero attached hydrogens (tertiary/aromatic N) is 2. The van der Waals surface area contributed by atoms with Crippen LogP contribution in [-0.4, -0.2) is 151 Å². The number of phenols is 2. The molecule has 422 valence electrons. The second-order valence-corrected chi connectivity index (χ2v) is 20.7. The predicted molar refractivity (Wildman–Crippen MR) is 286 cm³/mol. The Hall–Kier alpha value is -6.08. The summed E-state index contributed by atoms with van der Waals surface area (Å²) < 4.78 is 27.6. The Morgan fingerprint density at radius 1 is 0.558 bits per heavy atom. The van der Waals surface area contributed by atoms with Gasteiger partial charge in [0, 0.05) is 65.2 Å². The maximum absolute atomic E-state index is 14.0. The first-order valence-electron chi connectivity index (χ1n) is 27.7. The Kier molecular flexibility index (Phi) is 25.0. The number of amides is 4. The van der Waals surface area contributed by atoms with E-state index in [9.17, 15) is 39.0 Å². The van der Waals surface area contributed by atoms with Gasteiger partial charge in [-0.2, -0.15) is 0 Å². The summed E-state index contributed by atoms with van der Waals surface area (Å²) in [4.78, 5) is 82.0. The van der Waals surface area contributed by atoms with Gasteiger partial charge in [-0.15, -0.1) is 0 Å². The molecule has 4 fully saturated rings. The lowest BCUT2D eigenvalue weighted by atomic mass is 9.83. The summed E-state index contributed by atoms with van der Waals surface area (Å²) >= 11 is 0. The molecule has 2 aliphatic carbocycles. The number of hydrogen-bond donors (Lipinski definition) is 5. The van der Waals surface area contributed by atoms with E-state index in [1.54, 1.807) is 53.4 Å². The third-order valence-corrected chi connectivity index (χ3v) is 15.2. The summed E-state index contributed by atoms with van der Waals surface area (Å²) in [6.07, 6.45) is 12.3. The maximum atomic E-state index is 14.0. The van der Waals surface area contributed by atoms with E-state index < -0.39 is 36.1 Å². The number of methoxy groups -OCH3 is 2. The van der Waals surface area contributed by atoms with Gasteiger partial charge in [0.2, 0.25) is 23.6 Å². The molecule has 2 heterocycles. The first-order chi connectivity index (χ1) is 37.4. The molecule has 77 heavy (non-hydrogen) atoms. The molecule has 18 nitrogen and oxygen atoms in total. The third-order valence-electron chi connectivity index (χ3n) is 15.2. The fraction of sp³-hybridized carbons (Fsp3) is 0.593. The van der Waals surface area contributed by atoms with Gasteiger partial charge in [-0.1, -0.05) is 93.1 Å². The Labute approximate surface area is 453 Å². The van der Waals surface area contributed by atoms with E-state index in [0.29, 0.717) is 65.0 Å². The summed E-state index contributed by atoms with van der Waals surface area (Å²) in [7, 11) is 2.63. The number of ether oxygens (including phenoxy) is 5. The number of nitrogens with one attached hydrogen (secondary N) is 2. The normalized spacial score (nSPS) is 20.6. The van der Waals surface area contributed by atoms with Crippen LogP contribution >= 0.6 is 0 Å². The van der Waals surface area contributed by atoms with Gasteiger partial charge in [-0.05, 0) is 104 Å². The van der Waals surface area contributed by atoms with Crippen molar-refractivity contribution in [3.8, 4) is 11.5 Å². The van der Waals surface area contributed by atoms with Gasteiger partial charge in [0.05, 0.1) is 33.0 Å². The number of likely N-dealkylation sites (tertiary alicyclic amines) is 2. The zero-order chi connectivity index (χ0) is 54.9. The minimum Gasteiger partial charge on any atom is -0.508 e. The number of hydrogen-bond acceptors (Lipinski definition) is 14. The van der Waals surface area contributed by atoms with Crippen LogP contribution in [0.5, 0.6) is 11.5 Å². The quantitative estimate of drug-likeness (QED) is 0.0477. The van der Waals surface area contributed by atoms with Crippen LogP contribution in [0, 0.1) is 11.8 Å². The van der Waals surface area contributed by atoms with Crippen molar-refractivity contribution < 1.29 is 67.8 Å². The van der Waals surface area contributed by atoms with Crippen LogP contribution in [0.2, 0.25) is 0 Å². The van der Waals surface area contributed by atoms with E-state index in [0.717, 1.165) is 80.9 Å². The lowest BCUT2D eigenvalue weighted by Gasteiger charge is -2.34. The fourth-order valence-corrected chi connectivity index (χ4v) is 10.9. The number of carbonyl (C=O) groups is 6. The Morgan fingerprint density at radius 3 is 1.40 bits per heavy atom. The number of aliphatic hydroxyl groups is 1. The van der Waals surface area contributed by atoms with Gasteiger partial charge >= 0.3 is 11.9 Å². The highest BCUT2D eigenvalue weighted by Crippen LogP contribution is 2.32. The summed E-state index contributed by atoms with van der Waals surface area (Å²) in [5.41, 5.74) is 2.97. The molecule has 0 radical (unpaired) electrons. The van der Waals surface area contributed by atoms with Gasteiger partial charge in [-0.3, -0.25) is 19.2 Å². The molecule has 18 heteroatoms. The summed E-state index contributed by atoms with van der Waals surface area (Å²) in [6.45, 7) is 2.42. The lowest BCUT2D eigenvalue weighted by Crippen LogP contribution is -2.55. The average molecular weight is 1070 g/mol.